The summed E-state index contributed by atoms with van der Waals surface area (Å²) in [5, 5.41) is 11.1. The van der Waals surface area contributed by atoms with Crippen molar-refractivity contribution < 1.29 is 4.79 Å². The van der Waals surface area contributed by atoms with Crippen LogP contribution in [0, 0.1) is 11.8 Å². The first kappa shape index (κ1) is 11.9. The lowest BCUT2D eigenvalue weighted by atomic mass is 9.78. The second kappa shape index (κ2) is 4.59. The molecule has 3 aliphatic heterocycles. The van der Waals surface area contributed by atoms with Crippen molar-refractivity contribution in [2.24, 2.45) is 11.8 Å². The predicted octanol–water partition coefficient (Wildman–Crippen LogP) is 1.84. The van der Waals surface area contributed by atoms with Crippen molar-refractivity contribution in [1.82, 2.24) is 15.1 Å². The maximum absolute atomic E-state index is 12.6. The third-order valence-corrected chi connectivity index (χ3v) is 4.73. The van der Waals surface area contributed by atoms with E-state index in [0.29, 0.717) is 5.92 Å². The van der Waals surface area contributed by atoms with Crippen molar-refractivity contribution in [3.8, 4) is 0 Å². The predicted molar refractivity (Wildman–Crippen MR) is 77.4 cm³/mol. The summed E-state index contributed by atoms with van der Waals surface area (Å²) < 4.78 is 0. The highest BCUT2D eigenvalue weighted by molar-refractivity contribution is 6.01. The molecule has 2 N–H and O–H groups in total. The van der Waals surface area contributed by atoms with E-state index < -0.39 is 0 Å². The number of anilines is 1. The summed E-state index contributed by atoms with van der Waals surface area (Å²) in [5.74, 6) is 0.846. The lowest BCUT2D eigenvalue weighted by Crippen LogP contribution is -2.51. The number of hydrogen-bond donors (Lipinski definition) is 2. The van der Waals surface area contributed by atoms with E-state index in [0.717, 1.165) is 49.1 Å². The van der Waals surface area contributed by atoms with Crippen LogP contribution in [0.25, 0.3) is 10.9 Å². The molecule has 1 aromatic heterocycles. The van der Waals surface area contributed by atoms with Gasteiger partial charge < -0.3 is 10.2 Å². The van der Waals surface area contributed by atoms with E-state index in [4.69, 9.17) is 0 Å². The number of benzene rings is 1. The zero-order chi connectivity index (χ0) is 13.5. The molecule has 5 rings (SSSR count). The monoisotopic (exact) mass is 270 g/mol. The molecule has 5 nitrogen and oxygen atoms in total. The lowest BCUT2D eigenvalue weighted by Gasteiger charge is -2.43. The molecule has 1 atom stereocenters. The Morgan fingerprint density at radius 2 is 2.20 bits per heavy atom. The van der Waals surface area contributed by atoms with Gasteiger partial charge in [-0.2, -0.15) is 5.10 Å². The Bertz CT molecular complexity index is 642. The zero-order valence-electron chi connectivity index (χ0n) is 11.3. The van der Waals surface area contributed by atoms with Crippen LogP contribution in [0.1, 0.15) is 12.8 Å². The number of aromatic amines is 1. The Balaban J connectivity index is 1.57. The maximum atomic E-state index is 12.6. The van der Waals surface area contributed by atoms with E-state index >= 15 is 0 Å². The Morgan fingerprint density at radius 1 is 1.35 bits per heavy atom. The molecule has 3 aliphatic rings. The third-order valence-electron chi connectivity index (χ3n) is 4.73. The van der Waals surface area contributed by atoms with Gasteiger partial charge in [-0.1, -0.05) is 12.1 Å². The maximum Gasteiger partial charge on any atom is 0.229 e. The fraction of sp³-hybridized carbons (Fsp3) is 0.467. The van der Waals surface area contributed by atoms with Crippen molar-refractivity contribution >= 4 is 22.5 Å². The summed E-state index contributed by atoms with van der Waals surface area (Å²) >= 11 is 0. The molecule has 4 heterocycles. The average Bonchev–Trinajstić information content (AvgIpc) is 2.98. The van der Waals surface area contributed by atoms with Gasteiger partial charge in [0, 0.05) is 11.9 Å². The summed E-state index contributed by atoms with van der Waals surface area (Å²) in [7, 11) is 0. The van der Waals surface area contributed by atoms with Gasteiger partial charge >= 0.3 is 0 Å². The SMILES string of the molecule is O=C(Nc1cccc2cn[nH]c12)C1CN2CCC1CC2. The zero-order valence-corrected chi connectivity index (χ0v) is 11.3. The summed E-state index contributed by atoms with van der Waals surface area (Å²) in [4.78, 5) is 15.0. The largest absolute Gasteiger partial charge is 0.324 e. The second-order valence-electron chi connectivity index (χ2n) is 5.87. The van der Waals surface area contributed by atoms with E-state index in [9.17, 15) is 4.79 Å². The number of carbonyl (C=O) groups excluding carboxylic acids is 1. The van der Waals surface area contributed by atoms with Gasteiger partial charge in [-0.05, 0) is 37.9 Å². The van der Waals surface area contributed by atoms with Crippen LogP contribution < -0.4 is 5.32 Å². The van der Waals surface area contributed by atoms with Crippen molar-refractivity contribution in [3.05, 3.63) is 24.4 Å². The van der Waals surface area contributed by atoms with Crippen LogP contribution in [0.5, 0.6) is 0 Å². The third kappa shape index (κ3) is 1.89. The van der Waals surface area contributed by atoms with Crippen LogP contribution in [0.4, 0.5) is 5.69 Å². The van der Waals surface area contributed by atoms with E-state index in [1.165, 1.54) is 0 Å². The van der Waals surface area contributed by atoms with Crippen LogP contribution in [0.2, 0.25) is 0 Å². The number of H-pyrrole nitrogens is 1. The van der Waals surface area contributed by atoms with Gasteiger partial charge in [-0.15, -0.1) is 0 Å². The van der Waals surface area contributed by atoms with E-state index in [2.05, 4.69) is 20.4 Å². The number of nitrogens with one attached hydrogen (secondary N) is 2. The van der Waals surface area contributed by atoms with Crippen LogP contribution in [-0.4, -0.2) is 40.6 Å². The molecule has 3 saturated heterocycles. The molecule has 1 unspecified atom stereocenters. The summed E-state index contributed by atoms with van der Waals surface area (Å²) in [6.07, 6.45) is 4.10. The highest BCUT2D eigenvalue weighted by Crippen LogP contribution is 2.33. The second-order valence-corrected chi connectivity index (χ2v) is 5.87. The lowest BCUT2D eigenvalue weighted by molar-refractivity contribution is -0.125. The average molecular weight is 270 g/mol. The molecule has 2 aromatic rings. The highest BCUT2D eigenvalue weighted by Gasteiger charge is 2.38. The van der Waals surface area contributed by atoms with Gasteiger partial charge in [-0.3, -0.25) is 9.89 Å². The first-order valence-electron chi connectivity index (χ1n) is 7.26. The number of amides is 1. The number of fused-ring (bicyclic) bond motifs is 4. The normalized spacial score (nSPS) is 28.7. The van der Waals surface area contributed by atoms with Gasteiger partial charge in [0.05, 0.1) is 23.3 Å². The minimum atomic E-state index is 0.135. The minimum absolute atomic E-state index is 0.135. The fourth-order valence-electron chi connectivity index (χ4n) is 3.56. The van der Waals surface area contributed by atoms with Crippen molar-refractivity contribution in [3.63, 3.8) is 0 Å². The van der Waals surface area contributed by atoms with Gasteiger partial charge in [0.2, 0.25) is 5.91 Å². The van der Waals surface area contributed by atoms with Gasteiger partial charge in [0.15, 0.2) is 0 Å². The summed E-state index contributed by atoms with van der Waals surface area (Å²) in [6, 6.07) is 5.87. The molecular formula is C15H18N4O. The minimum Gasteiger partial charge on any atom is -0.324 e. The Hall–Kier alpha value is -1.88. The van der Waals surface area contributed by atoms with Gasteiger partial charge in [0.25, 0.3) is 0 Å². The standard InChI is InChI=1S/C15H18N4O/c20-15(12-9-19-6-4-10(12)5-7-19)17-13-3-1-2-11-8-16-18-14(11)13/h1-3,8,10,12H,4-7,9H2,(H,16,18)(H,17,20). The summed E-state index contributed by atoms with van der Waals surface area (Å²) in [6.45, 7) is 3.23. The fourth-order valence-corrected chi connectivity index (χ4v) is 3.56. The highest BCUT2D eigenvalue weighted by atomic mass is 16.2. The number of carbonyl (C=O) groups is 1. The van der Waals surface area contributed by atoms with Crippen LogP contribution in [0.3, 0.4) is 0 Å². The number of piperidine rings is 3. The smallest absolute Gasteiger partial charge is 0.229 e. The Morgan fingerprint density at radius 3 is 2.95 bits per heavy atom. The molecule has 1 aromatic carbocycles. The molecule has 0 aliphatic carbocycles. The Kier molecular flexibility index (Phi) is 2.73. The molecule has 20 heavy (non-hydrogen) atoms. The molecule has 104 valence electrons. The summed E-state index contributed by atoms with van der Waals surface area (Å²) in [5.41, 5.74) is 1.74. The molecule has 1 amide bonds. The number of nitrogens with zero attached hydrogens (tertiary/aromatic N) is 2. The van der Waals surface area contributed by atoms with E-state index in [1.54, 1.807) is 6.20 Å². The molecular weight excluding hydrogens is 252 g/mol. The first-order chi connectivity index (χ1) is 9.81. The molecule has 0 spiro atoms. The molecule has 3 fully saturated rings. The van der Waals surface area contributed by atoms with Gasteiger partial charge in [-0.25, -0.2) is 0 Å². The quantitative estimate of drug-likeness (QED) is 0.875. The van der Waals surface area contributed by atoms with E-state index in [-0.39, 0.29) is 11.8 Å². The number of para-hydroxylation sites is 1. The van der Waals surface area contributed by atoms with Crippen molar-refractivity contribution in [1.29, 1.82) is 0 Å². The van der Waals surface area contributed by atoms with Crippen LogP contribution in [-0.2, 0) is 4.79 Å². The molecule has 0 radical (unpaired) electrons. The topological polar surface area (TPSA) is 61.0 Å². The number of hydrogen-bond acceptors (Lipinski definition) is 3. The van der Waals surface area contributed by atoms with E-state index in [1.807, 2.05) is 18.2 Å². The van der Waals surface area contributed by atoms with Crippen molar-refractivity contribution in [2.45, 2.75) is 12.8 Å². The van der Waals surface area contributed by atoms with Crippen molar-refractivity contribution in [2.75, 3.05) is 25.0 Å². The molecule has 0 saturated carbocycles. The van der Waals surface area contributed by atoms with Crippen LogP contribution in [0.15, 0.2) is 24.4 Å². The molecule has 5 heteroatoms. The molecule has 2 bridgehead atoms. The first-order valence-corrected chi connectivity index (χ1v) is 7.26. The number of rotatable bonds is 2. The number of aromatic nitrogens is 2. The Labute approximate surface area is 117 Å². The van der Waals surface area contributed by atoms with Crippen LogP contribution >= 0.6 is 0 Å². The van der Waals surface area contributed by atoms with Gasteiger partial charge in [0.1, 0.15) is 0 Å².